The lowest BCUT2D eigenvalue weighted by atomic mass is 10.1. The highest BCUT2D eigenvalue weighted by Gasteiger charge is 2.25. The van der Waals surface area contributed by atoms with Crippen molar-refractivity contribution in [1.29, 1.82) is 5.26 Å². The number of hydrogen-bond donors (Lipinski definition) is 1. The lowest BCUT2D eigenvalue weighted by molar-refractivity contribution is 0.0736. The molecule has 0 atom stereocenters. The molecule has 0 bridgehead atoms. The summed E-state index contributed by atoms with van der Waals surface area (Å²) in [5.41, 5.74) is 2.43. The Hall–Kier alpha value is -3.50. The zero-order chi connectivity index (χ0) is 19.5. The SMILES string of the molecule is N#Cc1cccc(C(=O)Nc2nc3c(s2)CN(C(=O)c2ccccc2)CC3)c1. The molecule has 2 heterocycles. The highest BCUT2D eigenvalue weighted by Crippen LogP contribution is 2.29. The van der Waals surface area contributed by atoms with E-state index in [1.54, 1.807) is 29.2 Å². The zero-order valence-corrected chi connectivity index (χ0v) is 15.7. The van der Waals surface area contributed by atoms with Crippen molar-refractivity contribution in [2.45, 2.75) is 13.0 Å². The van der Waals surface area contributed by atoms with Crippen LogP contribution >= 0.6 is 11.3 Å². The Bertz CT molecular complexity index is 1090. The molecule has 7 heteroatoms. The highest BCUT2D eigenvalue weighted by molar-refractivity contribution is 7.15. The van der Waals surface area contributed by atoms with Gasteiger partial charge in [-0.3, -0.25) is 14.9 Å². The van der Waals surface area contributed by atoms with Crippen LogP contribution in [0.5, 0.6) is 0 Å². The number of hydrogen-bond acceptors (Lipinski definition) is 5. The smallest absolute Gasteiger partial charge is 0.257 e. The van der Waals surface area contributed by atoms with Gasteiger partial charge in [-0.25, -0.2) is 4.98 Å². The van der Waals surface area contributed by atoms with Gasteiger partial charge in [0, 0.05) is 29.0 Å². The third kappa shape index (κ3) is 3.63. The van der Waals surface area contributed by atoms with E-state index in [4.69, 9.17) is 5.26 Å². The minimum absolute atomic E-state index is 0.00134. The standard InChI is InChI=1S/C21H16N4O2S/c22-12-14-5-4-8-16(11-14)19(26)24-21-23-17-9-10-25(13-18(17)28-21)20(27)15-6-2-1-3-7-15/h1-8,11H,9-10,13H2,(H,23,24,26). The van der Waals surface area contributed by atoms with Gasteiger partial charge in [-0.15, -0.1) is 0 Å². The Morgan fingerprint density at radius 3 is 2.68 bits per heavy atom. The number of nitriles is 1. The maximum atomic E-state index is 12.7. The molecule has 1 aromatic heterocycles. The van der Waals surface area contributed by atoms with E-state index in [0.717, 1.165) is 10.6 Å². The number of nitrogens with zero attached hydrogens (tertiary/aromatic N) is 3. The van der Waals surface area contributed by atoms with Gasteiger partial charge in [-0.1, -0.05) is 35.6 Å². The lowest BCUT2D eigenvalue weighted by Crippen LogP contribution is -2.35. The normalized spacial score (nSPS) is 12.8. The molecule has 0 aliphatic carbocycles. The number of carbonyl (C=O) groups is 2. The van der Waals surface area contributed by atoms with Crippen LogP contribution in [0.3, 0.4) is 0 Å². The number of thiazole rings is 1. The van der Waals surface area contributed by atoms with Crippen molar-refractivity contribution in [3.8, 4) is 6.07 Å². The predicted octanol–water partition coefficient (Wildman–Crippen LogP) is 3.47. The van der Waals surface area contributed by atoms with Crippen LogP contribution in [-0.4, -0.2) is 28.2 Å². The summed E-state index contributed by atoms with van der Waals surface area (Å²) in [5, 5.41) is 12.3. The quantitative estimate of drug-likeness (QED) is 0.744. The molecular weight excluding hydrogens is 372 g/mol. The molecule has 4 rings (SSSR count). The van der Waals surface area contributed by atoms with Crippen LogP contribution in [0.4, 0.5) is 5.13 Å². The molecule has 1 N–H and O–H groups in total. The second-order valence-corrected chi connectivity index (χ2v) is 7.46. The topological polar surface area (TPSA) is 86.1 Å². The molecule has 3 aromatic rings. The van der Waals surface area contributed by atoms with Gasteiger partial charge in [0.1, 0.15) is 0 Å². The molecule has 28 heavy (non-hydrogen) atoms. The number of aromatic nitrogens is 1. The van der Waals surface area contributed by atoms with E-state index in [-0.39, 0.29) is 11.8 Å². The molecular formula is C21H16N4O2S. The third-order valence-electron chi connectivity index (χ3n) is 4.51. The number of rotatable bonds is 3. The molecule has 1 aliphatic rings. The number of carbonyl (C=O) groups excluding carboxylic acids is 2. The summed E-state index contributed by atoms with van der Waals surface area (Å²) in [6.07, 6.45) is 0.657. The summed E-state index contributed by atoms with van der Waals surface area (Å²) in [6.45, 7) is 1.09. The molecule has 6 nitrogen and oxygen atoms in total. The lowest BCUT2D eigenvalue weighted by Gasteiger charge is -2.26. The van der Waals surface area contributed by atoms with Crippen LogP contribution < -0.4 is 5.32 Å². The summed E-state index contributed by atoms with van der Waals surface area (Å²) in [4.78, 5) is 32.4. The van der Waals surface area contributed by atoms with Crippen molar-refractivity contribution in [2.24, 2.45) is 0 Å². The molecule has 0 radical (unpaired) electrons. The van der Waals surface area contributed by atoms with Gasteiger partial charge in [0.2, 0.25) is 0 Å². The Labute approximate surface area is 166 Å². The number of nitrogens with one attached hydrogen (secondary N) is 1. The van der Waals surface area contributed by atoms with Crippen LogP contribution in [0.15, 0.2) is 54.6 Å². The molecule has 0 saturated carbocycles. The van der Waals surface area contributed by atoms with Crippen LogP contribution in [0, 0.1) is 11.3 Å². The van der Waals surface area contributed by atoms with Gasteiger partial charge in [0.25, 0.3) is 11.8 Å². The van der Waals surface area contributed by atoms with Crippen LogP contribution in [0.2, 0.25) is 0 Å². The first-order valence-corrected chi connectivity index (χ1v) is 9.60. The minimum atomic E-state index is -0.305. The number of fused-ring (bicyclic) bond motifs is 1. The van der Waals surface area contributed by atoms with E-state index in [0.29, 0.717) is 41.3 Å². The Balaban J connectivity index is 1.47. The summed E-state index contributed by atoms with van der Waals surface area (Å²) < 4.78 is 0. The molecule has 1 aliphatic heterocycles. The van der Waals surface area contributed by atoms with Crippen LogP contribution in [0.25, 0.3) is 0 Å². The van der Waals surface area contributed by atoms with Crippen LogP contribution in [0.1, 0.15) is 36.9 Å². The number of amides is 2. The van der Waals surface area contributed by atoms with Crippen molar-refractivity contribution in [1.82, 2.24) is 9.88 Å². The van der Waals surface area contributed by atoms with E-state index in [1.165, 1.54) is 11.3 Å². The summed E-state index contributed by atoms with van der Waals surface area (Å²) >= 11 is 1.38. The van der Waals surface area contributed by atoms with Gasteiger partial charge in [0.15, 0.2) is 5.13 Å². The maximum absolute atomic E-state index is 12.7. The predicted molar refractivity (Wildman–Crippen MR) is 106 cm³/mol. The molecule has 0 fully saturated rings. The fourth-order valence-electron chi connectivity index (χ4n) is 3.08. The number of anilines is 1. The second-order valence-electron chi connectivity index (χ2n) is 6.38. The summed E-state index contributed by atoms with van der Waals surface area (Å²) in [5.74, 6) is -0.307. The average Bonchev–Trinajstić information content (AvgIpc) is 3.15. The van der Waals surface area contributed by atoms with Crippen molar-refractivity contribution in [2.75, 3.05) is 11.9 Å². The Morgan fingerprint density at radius 1 is 1.11 bits per heavy atom. The fraction of sp³-hybridized carbons (Fsp3) is 0.143. The van der Waals surface area contributed by atoms with Crippen molar-refractivity contribution < 1.29 is 9.59 Å². The first kappa shape index (κ1) is 17.9. The van der Waals surface area contributed by atoms with E-state index < -0.39 is 0 Å². The van der Waals surface area contributed by atoms with E-state index in [1.807, 2.05) is 36.4 Å². The Kier molecular flexibility index (Phi) is 4.87. The maximum Gasteiger partial charge on any atom is 0.257 e. The van der Waals surface area contributed by atoms with Crippen LogP contribution in [-0.2, 0) is 13.0 Å². The molecule has 2 amide bonds. The summed E-state index contributed by atoms with van der Waals surface area (Å²) in [6, 6.07) is 17.8. The summed E-state index contributed by atoms with van der Waals surface area (Å²) in [7, 11) is 0. The van der Waals surface area contributed by atoms with E-state index >= 15 is 0 Å². The first-order chi connectivity index (χ1) is 13.6. The third-order valence-corrected chi connectivity index (χ3v) is 5.51. The number of benzene rings is 2. The van der Waals surface area contributed by atoms with Crippen molar-refractivity contribution in [3.05, 3.63) is 81.9 Å². The van der Waals surface area contributed by atoms with Gasteiger partial charge < -0.3 is 4.90 Å². The van der Waals surface area contributed by atoms with Crippen molar-refractivity contribution >= 4 is 28.3 Å². The molecule has 0 spiro atoms. The van der Waals surface area contributed by atoms with Gasteiger partial charge in [-0.05, 0) is 30.3 Å². The van der Waals surface area contributed by atoms with Gasteiger partial charge >= 0.3 is 0 Å². The fourth-order valence-corrected chi connectivity index (χ4v) is 4.10. The molecule has 2 aromatic carbocycles. The Morgan fingerprint density at radius 2 is 1.89 bits per heavy atom. The molecule has 0 unspecified atom stereocenters. The average molecular weight is 388 g/mol. The highest BCUT2D eigenvalue weighted by atomic mass is 32.1. The van der Waals surface area contributed by atoms with Gasteiger partial charge in [-0.2, -0.15) is 5.26 Å². The van der Waals surface area contributed by atoms with E-state index in [9.17, 15) is 9.59 Å². The minimum Gasteiger partial charge on any atom is -0.333 e. The molecule has 138 valence electrons. The monoisotopic (exact) mass is 388 g/mol. The van der Waals surface area contributed by atoms with E-state index in [2.05, 4.69) is 10.3 Å². The molecule has 0 saturated heterocycles. The largest absolute Gasteiger partial charge is 0.333 e. The van der Waals surface area contributed by atoms with Gasteiger partial charge in [0.05, 0.1) is 23.9 Å². The second kappa shape index (κ2) is 7.62. The first-order valence-electron chi connectivity index (χ1n) is 8.78. The zero-order valence-electron chi connectivity index (χ0n) is 14.9. The van der Waals surface area contributed by atoms with Crippen molar-refractivity contribution in [3.63, 3.8) is 0 Å².